The Hall–Kier alpha value is -3.41. The topological polar surface area (TPSA) is 89.6 Å². The van der Waals surface area contributed by atoms with Gasteiger partial charge in [-0.25, -0.2) is 5.43 Å². The maximum Gasteiger partial charge on any atom is 0.277 e. The number of aromatic nitrogens is 1. The number of anilines is 1. The normalized spacial score (nSPS) is 11.3. The zero-order valence-corrected chi connectivity index (χ0v) is 13.8. The Morgan fingerprint density at radius 2 is 1.92 bits per heavy atom. The number of rotatable bonds is 5. The van der Waals surface area contributed by atoms with Gasteiger partial charge in [0, 0.05) is 17.3 Å². The molecular weight excluding hydrogens is 316 g/mol. The smallest absolute Gasteiger partial charge is 0.277 e. The Morgan fingerprint density at radius 1 is 1.16 bits per heavy atom. The molecule has 0 saturated heterocycles. The van der Waals surface area contributed by atoms with Gasteiger partial charge in [0.2, 0.25) is 0 Å². The van der Waals surface area contributed by atoms with E-state index in [1.807, 2.05) is 36.4 Å². The van der Waals surface area contributed by atoms with Crippen molar-refractivity contribution in [1.29, 1.82) is 0 Å². The molecule has 126 valence electrons. The fourth-order valence-electron chi connectivity index (χ4n) is 2.30. The van der Waals surface area contributed by atoms with Gasteiger partial charge in [-0.1, -0.05) is 30.3 Å². The predicted molar refractivity (Wildman–Crippen MR) is 98.4 cm³/mol. The molecule has 0 atom stereocenters. The number of hydrogen-bond donors (Lipinski definition) is 2. The van der Waals surface area contributed by atoms with Crippen molar-refractivity contribution in [3.8, 4) is 5.75 Å². The number of nitrogens with zero attached hydrogens (tertiary/aromatic N) is 2. The summed E-state index contributed by atoms with van der Waals surface area (Å²) in [5.74, 6) is 0.218. The number of nitrogens with one attached hydrogen (secondary N) is 1. The average molecular weight is 334 g/mol. The molecule has 0 bridgehead atoms. The highest BCUT2D eigenvalue weighted by atomic mass is 16.5. The van der Waals surface area contributed by atoms with Crippen LogP contribution in [0.2, 0.25) is 0 Å². The molecule has 0 radical (unpaired) electrons. The van der Waals surface area contributed by atoms with Gasteiger partial charge >= 0.3 is 0 Å². The van der Waals surface area contributed by atoms with Crippen LogP contribution in [-0.2, 0) is 4.79 Å². The summed E-state index contributed by atoms with van der Waals surface area (Å²) >= 11 is 0. The number of hydrazone groups is 1. The fourth-order valence-corrected chi connectivity index (χ4v) is 2.30. The summed E-state index contributed by atoms with van der Waals surface area (Å²) in [6, 6.07) is 16.6. The van der Waals surface area contributed by atoms with Crippen LogP contribution in [0.25, 0.3) is 10.9 Å². The SMILES string of the molecule is C/C(=N\NC(=O)COc1cccc2cccnc12)c1ccc(N)cc1. The first kappa shape index (κ1) is 16.4. The van der Waals surface area contributed by atoms with Crippen molar-refractivity contribution in [1.82, 2.24) is 10.4 Å². The molecule has 25 heavy (non-hydrogen) atoms. The maximum absolute atomic E-state index is 12.0. The number of amides is 1. The van der Waals surface area contributed by atoms with Gasteiger partial charge in [0.1, 0.15) is 11.3 Å². The van der Waals surface area contributed by atoms with Crippen LogP contribution in [0.5, 0.6) is 5.75 Å². The molecule has 6 heteroatoms. The number of ether oxygens (including phenoxy) is 1. The van der Waals surface area contributed by atoms with Gasteiger partial charge in [-0.2, -0.15) is 5.10 Å². The van der Waals surface area contributed by atoms with Crippen LogP contribution < -0.4 is 15.9 Å². The van der Waals surface area contributed by atoms with E-state index in [0.717, 1.165) is 16.5 Å². The molecule has 3 rings (SSSR count). The van der Waals surface area contributed by atoms with Crippen LogP contribution in [-0.4, -0.2) is 23.2 Å². The lowest BCUT2D eigenvalue weighted by atomic mass is 10.1. The van der Waals surface area contributed by atoms with Gasteiger partial charge in [0.05, 0.1) is 5.71 Å². The molecule has 0 fully saturated rings. The molecule has 1 aromatic heterocycles. The lowest BCUT2D eigenvalue weighted by Crippen LogP contribution is -2.25. The first-order valence-corrected chi connectivity index (χ1v) is 7.79. The zero-order chi connectivity index (χ0) is 17.6. The first-order valence-electron chi connectivity index (χ1n) is 7.79. The number of benzene rings is 2. The second-order valence-electron chi connectivity index (χ2n) is 5.47. The zero-order valence-electron chi connectivity index (χ0n) is 13.8. The summed E-state index contributed by atoms with van der Waals surface area (Å²) in [5.41, 5.74) is 11.1. The van der Waals surface area contributed by atoms with Crippen LogP contribution >= 0.6 is 0 Å². The Bertz CT molecular complexity index is 915. The number of nitrogen functional groups attached to an aromatic ring is 1. The second kappa shape index (κ2) is 7.44. The summed E-state index contributed by atoms with van der Waals surface area (Å²) in [6.45, 7) is 1.66. The summed E-state index contributed by atoms with van der Waals surface area (Å²) in [5, 5.41) is 5.04. The third kappa shape index (κ3) is 4.11. The molecule has 3 aromatic rings. The van der Waals surface area contributed by atoms with Crippen molar-refractivity contribution in [2.75, 3.05) is 12.3 Å². The van der Waals surface area contributed by atoms with Gasteiger partial charge in [0.15, 0.2) is 6.61 Å². The van der Waals surface area contributed by atoms with Gasteiger partial charge in [0.25, 0.3) is 5.91 Å². The largest absolute Gasteiger partial charge is 0.481 e. The highest BCUT2D eigenvalue weighted by Crippen LogP contribution is 2.22. The Labute approximate surface area is 145 Å². The number of para-hydroxylation sites is 1. The molecule has 2 aromatic carbocycles. The molecule has 6 nitrogen and oxygen atoms in total. The van der Waals surface area contributed by atoms with E-state index < -0.39 is 0 Å². The minimum Gasteiger partial charge on any atom is -0.481 e. The molecule has 1 heterocycles. The highest BCUT2D eigenvalue weighted by Gasteiger charge is 2.06. The third-order valence-electron chi connectivity index (χ3n) is 3.63. The van der Waals surface area contributed by atoms with Crippen LogP contribution in [0.4, 0.5) is 5.69 Å². The van der Waals surface area contributed by atoms with Gasteiger partial charge in [-0.3, -0.25) is 9.78 Å². The van der Waals surface area contributed by atoms with Crippen LogP contribution in [0.15, 0.2) is 65.9 Å². The number of nitrogens with two attached hydrogens (primary N) is 1. The van der Waals surface area contributed by atoms with Gasteiger partial charge < -0.3 is 10.5 Å². The lowest BCUT2D eigenvalue weighted by molar-refractivity contribution is -0.123. The molecular formula is C19H18N4O2. The van der Waals surface area contributed by atoms with E-state index in [1.165, 1.54) is 0 Å². The molecule has 0 aliphatic rings. The molecule has 0 spiro atoms. The second-order valence-corrected chi connectivity index (χ2v) is 5.47. The van der Waals surface area contributed by atoms with Crippen molar-refractivity contribution in [2.45, 2.75) is 6.92 Å². The fraction of sp³-hybridized carbons (Fsp3) is 0.105. The van der Waals surface area contributed by atoms with Crippen LogP contribution in [0.1, 0.15) is 12.5 Å². The van der Waals surface area contributed by atoms with Crippen molar-refractivity contribution in [3.05, 3.63) is 66.4 Å². The lowest BCUT2D eigenvalue weighted by Gasteiger charge is -2.08. The standard InChI is InChI=1S/C19H18N4O2/c1-13(14-7-9-16(20)10-8-14)22-23-18(24)12-25-17-6-2-4-15-5-3-11-21-19(15)17/h2-11H,12,20H2,1H3,(H,23,24)/b22-13+. The first-order chi connectivity index (χ1) is 12.1. The van der Waals surface area contributed by atoms with E-state index in [4.69, 9.17) is 10.5 Å². The Balaban J connectivity index is 1.61. The quantitative estimate of drug-likeness (QED) is 0.426. The molecule has 3 N–H and O–H groups in total. The molecule has 1 amide bonds. The monoisotopic (exact) mass is 334 g/mol. The van der Waals surface area contributed by atoms with E-state index in [1.54, 1.807) is 31.3 Å². The third-order valence-corrected chi connectivity index (χ3v) is 3.63. The van der Waals surface area contributed by atoms with Gasteiger partial charge in [-0.05, 0) is 36.8 Å². The van der Waals surface area contributed by atoms with Crippen LogP contribution in [0.3, 0.4) is 0 Å². The summed E-state index contributed by atoms with van der Waals surface area (Å²) in [6.07, 6.45) is 1.69. The molecule has 0 saturated carbocycles. The number of fused-ring (bicyclic) bond motifs is 1. The summed E-state index contributed by atoms with van der Waals surface area (Å²) < 4.78 is 5.57. The maximum atomic E-state index is 12.0. The number of pyridine rings is 1. The van der Waals surface area contributed by atoms with Crippen molar-refractivity contribution < 1.29 is 9.53 Å². The summed E-state index contributed by atoms with van der Waals surface area (Å²) in [4.78, 5) is 16.2. The number of carbonyl (C=O) groups excluding carboxylic acids is 1. The number of hydrogen-bond acceptors (Lipinski definition) is 5. The van der Waals surface area contributed by atoms with Gasteiger partial charge in [-0.15, -0.1) is 0 Å². The molecule has 0 unspecified atom stereocenters. The summed E-state index contributed by atoms with van der Waals surface area (Å²) in [7, 11) is 0. The number of carbonyl (C=O) groups is 1. The van der Waals surface area contributed by atoms with E-state index in [9.17, 15) is 4.79 Å². The van der Waals surface area contributed by atoms with E-state index >= 15 is 0 Å². The van der Waals surface area contributed by atoms with Crippen molar-refractivity contribution in [2.24, 2.45) is 5.10 Å². The van der Waals surface area contributed by atoms with E-state index in [0.29, 0.717) is 17.1 Å². The average Bonchev–Trinajstić information content (AvgIpc) is 2.65. The van der Waals surface area contributed by atoms with E-state index in [2.05, 4.69) is 15.5 Å². The van der Waals surface area contributed by atoms with Crippen molar-refractivity contribution >= 4 is 28.2 Å². The predicted octanol–water partition coefficient (Wildman–Crippen LogP) is 2.74. The van der Waals surface area contributed by atoms with Crippen LogP contribution in [0, 0.1) is 0 Å². The Morgan fingerprint density at radius 3 is 2.72 bits per heavy atom. The minimum atomic E-state index is -0.345. The highest BCUT2D eigenvalue weighted by molar-refractivity contribution is 5.99. The molecule has 0 aliphatic heterocycles. The van der Waals surface area contributed by atoms with Crippen molar-refractivity contribution in [3.63, 3.8) is 0 Å². The Kier molecular flexibility index (Phi) is 4.89. The molecule has 0 aliphatic carbocycles. The minimum absolute atomic E-state index is 0.145. The van der Waals surface area contributed by atoms with E-state index in [-0.39, 0.29) is 12.5 Å².